The molecular formula is C16H26N2O2S. The fourth-order valence-electron chi connectivity index (χ4n) is 2.55. The Morgan fingerprint density at radius 3 is 2.90 bits per heavy atom. The summed E-state index contributed by atoms with van der Waals surface area (Å²) in [6.45, 7) is 8.60. The zero-order valence-corrected chi connectivity index (χ0v) is 14.0. The molecule has 5 heteroatoms. The Balaban J connectivity index is 1.89. The van der Waals surface area contributed by atoms with Gasteiger partial charge in [0.15, 0.2) is 0 Å². The monoisotopic (exact) mass is 310 g/mol. The molecule has 1 saturated heterocycles. The van der Waals surface area contributed by atoms with Crippen LogP contribution in [0.15, 0.2) is 17.5 Å². The van der Waals surface area contributed by atoms with Crippen LogP contribution >= 0.6 is 11.3 Å². The van der Waals surface area contributed by atoms with Crippen molar-refractivity contribution < 1.29 is 9.53 Å². The summed E-state index contributed by atoms with van der Waals surface area (Å²) in [6.07, 6.45) is 1.76. The normalized spacial score (nSPS) is 22.5. The summed E-state index contributed by atoms with van der Waals surface area (Å²) in [4.78, 5) is 15.6. The predicted octanol–water partition coefficient (Wildman–Crippen LogP) is 3.02. The van der Waals surface area contributed by atoms with E-state index in [2.05, 4.69) is 37.5 Å². The molecule has 0 spiro atoms. The Hall–Kier alpha value is -0.910. The first-order valence-corrected chi connectivity index (χ1v) is 8.69. The van der Waals surface area contributed by atoms with Gasteiger partial charge in [0.2, 0.25) is 5.91 Å². The first-order chi connectivity index (χ1) is 10.1. The Kier molecular flexibility index (Phi) is 6.21. The van der Waals surface area contributed by atoms with Crippen LogP contribution < -0.4 is 5.32 Å². The fourth-order valence-corrected chi connectivity index (χ4v) is 3.35. The third kappa shape index (κ3) is 4.28. The largest absolute Gasteiger partial charge is 0.381 e. The maximum atomic E-state index is 12.4. The van der Waals surface area contributed by atoms with Crippen molar-refractivity contribution in [2.45, 2.75) is 45.8 Å². The summed E-state index contributed by atoms with van der Waals surface area (Å²) in [5.41, 5.74) is 0. The lowest BCUT2D eigenvalue weighted by Gasteiger charge is -2.23. The fraction of sp³-hybridized carbons (Fsp3) is 0.688. The highest BCUT2D eigenvalue weighted by molar-refractivity contribution is 7.10. The van der Waals surface area contributed by atoms with Gasteiger partial charge < -0.3 is 9.64 Å². The van der Waals surface area contributed by atoms with Gasteiger partial charge in [0, 0.05) is 24.6 Å². The van der Waals surface area contributed by atoms with Crippen LogP contribution in [-0.2, 0) is 9.53 Å². The molecule has 1 aromatic rings. The molecule has 21 heavy (non-hydrogen) atoms. The molecule has 2 rings (SSSR count). The van der Waals surface area contributed by atoms with Crippen molar-refractivity contribution in [1.82, 2.24) is 10.2 Å². The Labute approximate surface area is 131 Å². The lowest BCUT2D eigenvalue weighted by Crippen LogP contribution is -2.32. The van der Waals surface area contributed by atoms with Gasteiger partial charge in [-0.2, -0.15) is 0 Å². The van der Waals surface area contributed by atoms with E-state index in [1.807, 2.05) is 11.0 Å². The maximum absolute atomic E-state index is 12.4. The maximum Gasteiger partial charge on any atom is 0.241 e. The molecule has 0 aromatic carbocycles. The summed E-state index contributed by atoms with van der Waals surface area (Å²) in [5.74, 6) is 0.781. The number of carbonyl (C=O) groups is 1. The Bertz CT molecular complexity index is 433. The summed E-state index contributed by atoms with van der Waals surface area (Å²) in [5, 5.41) is 5.51. The average molecular weight is 310 g/mol. The molecular weight excluding hydrogens is 284 g/mol. The second kappa shape index (κ2) is 7.92. The van der Waals surface area contributed by atoms with E-state index in [0.29, 0.717) is 5.92 Å². The number of hydrogen-bond donors (Lipinski definition) is 1. The van der Waals surface area contributed by atoms with Gasteiger partial charge in [-0.1, -0.05) is 26.8 Å². The summed E-state index contributed by atoms with van der Waals surface area (Å²) in [6, 6.07) is 4.08. The number of ether oxygens (including phenoxy) is 1. The van der Waals surface area contributed by atoms with E-state index in [4.69, 9.17) is 4.74 Å². The van der Waals surface area contributed by atoms with Crippen molar-refractivity contribution in [2.75, 3.05) is 19.8 Å². The molecule has 2 unspecified atom stereocenters. The second-order valence-corrected chi connectivity index (χ2v) is 6.88. The van der Waals surface area contributed by atoms with Gasteiger partial charge >= 0.3 is 0 Å². The van der Waals surface area contributed by atoms with Crippen LogP contribution in [0.4, 0.5) is 0 Å². The van der Waals surface area contributed by atoms with E-state index in [1.54, 1.807) is 11.3 Å². The SMILES string of the molecule is CCC1NC(c2cccs2)N(CCCOCC(C)C)C1=O. The van der Waals surface area contributed by atoms with E-state index in [9.17, 15) is 4.79 Å². The van der Waals surface area contributed by atoms with E-state index >= 15 is 0 Å². The third-order valence-corrected chi connectivity index (χ3v) is 4.54. The van der Waals surface area contributed by atoms with Crippen LogP contribution in [0, 0.1) is 5.92 Å². The van der Waals surface area contributed by atoms with Crippen LogP contribution in [0.5, 0.6) is 0 Å². The van der Waals surface area contributed by atoms with Crippen molar-refractivity contribution in [3.05, 3.63) is 22.4 Å². The van der Waals surface area contributed by atoms with Crippen molar-refractivity contribution in [3.63, 3.8) is 0 Å². The number of nitrogens with zero attached hydrogens (tertiary/aromatic N) is 1. The molecule has 0 saturated carbocycles. The Morgan fingerprint density at radius 2 is 2.29 bits per heavy atom. The minimum absolute atomic E-state index is 0.0348. The molecule has 2 atom stereocenters. The molecule has 1 aliphatic heterocycles. The van der Waals surface area contributed by atoms with Gasteiger partial charge in [0.25, 0.3) is 0 Å². The average Bonchev–Trinajstić information content (AvgIpc) is 3.07. The molecule has 0 radical (unpaired) electrons. The molecule has 0 bridgehead atoms. The van der Waals surface area contributed by atoms with Crippen LogP contribution in [0.3, 0.4) is 0 Å². The van der Waals surface area contributed by atoms with E-state index < -0.39 is 0 Å². The third-order valence-electron chi connectivity index (χ3n) is 3.61. The summed E-state index contributed by atoms with van der Waals surface area (Å²) in [7, 11) is 0. The van der Waals surface area contributed by atoms with Gasteiger partial charge in [0.05, 0.1) is 6.04 Å². The molecule has 118 valence electrons. The lowest BCUT2D eigenvalue weighted by atomic mass is 10.2. The number of amides is 1. The molecule has 2 heterocycles. The van der Waals surface area contributed by atoms with Crippen molar-refractivity contribution in [3.8, 4) is 0 Å². The highest BCUT2D eigenvalue weighted by Crippen LogP contribution is 2.29. The van der Waals surface area contributed by atoms with Crippen molar-refractivity contribution in [1.29, 1.82) is 0 Å². The smallest absolute Gasteiger partial charge is 0.241 e. The number of hydrogen-bond acceptors (Lipinski definition) is 4. The molecule has 1 amide bonds. The summed E-state index contributed by atoms with van der Waals surface area (Å²) >= 11 is 1.70. The summed E-state index contributed by atoms with van der Waals surface area (Å²) < 4.78 is 5.61. The van der Waals surface area contributed by atoms with E-state index in [0.717, 1.165) is 32.6 Å². The van der Waals surface area contributed by atoms with Gasteiger partial charge in [-0.05, 0) is 30.2 Å². The molecule has 0 aliphatic carbocycles. The number of carbonyl (C=O) groups excluding carboxylic acids is 1. The lowest BCUT2D eigenvalue weighted by molar-refractivity contribution is -0.130. The van der Waals surface area contributed by atoms with Crippen molar-refractivity contribution in [2.24, 2.45) is 5.92 Å². The van der Waals surface area contributed by atoms with Gasteiger partial charge in [-0.25, -0.2) is 0 Å². The molecule has 1 aliphatic rings. The van der Waals surface area contributed by atoms with Crippen molar-refractivity contribution >= 4 is 17.2 Å². The highest BCUT2D eigenvalue weighted by atomic mass is 32.1. The van der Waals surface area contributed by atoms with Crippen LogP contribution in [0.25, 0.3) is 0 Å². The Morgan fingerprint density at radius 1 is 1.48 bits per heavy atom. The number of rotatable bonds is 8. The first kappa shape index (κ1) is 16.5. The zero-order chi connectivity index (χ0) is 15.2. The van der Waals surface area contributed by atoms with Gasteiger partial charge in [0.1, 0.15) is 6.17 Å². The molecule has 1 aromatic heterocycles. The van der Waals surface area contributed by atoms with Crippen LogP contribution in [0.2, 0.25) is 0 Å². The second-order valence-electron chi connectivity index (χ2n) is 5.90. The van der Waals surface area contributed by atoms with E-state index in [-0.39, 0.29) is 18.1 Å². The quantitative estimate of drug-likeness (QED) is 0.751. The molecule has 1 N–H and O–H groups in total. The van der Waals surface area contributed by atoms with Gasteiger partial charge in [-0.3, -0.25) is 10.1 Å². The van der Waals surface area contributed by atoms with E-state index in [1.165, 1.54) is 4.88 Å². The minimum atomic E-state index is -0.0475. The van der Waals surface area contributed by atoms with Crippen LogP contribution in [-0.4, -0.2) is 36.6 Å². The first-order valence-electron chi connectivity index (χ1n) is 7.81. The molecule has 1 fully saturated rings. The minimum Gasteiger partial charge on any atom is -0.381 e. The topological polar surface area (TPSA) is 41.6 Å². The molecule has 4 nitrogen and oxygen atoms in total. The van der Waals surface area contributed by atoms with Gasteiger partial charge in [-0.15, -0.1) is 11.3 Å². The number of nitrogens with one attached hydrogen (secondary N) is 1. The predicted molar refractivity (Wildman–Crippen MR) is 86.3 cm³/mol. The van der Waals surface area contributed by atoms with Crippen LogP contribution in [0.1, 0.15) is 44.7 Å². The zero-order valence-electron chi connectivity index (χ0n) is 13.2. The number of thiophene rings is 1. The standard InChI is InChI=1S/C16H26N2O2S/c1-4-13-16(19)18(8-6-9-20-11-12(2)3)15(17-13)14-7-5-10-21-14/h5,7,10,12-13,15,17H,4,6,8-9,11H2,1-3H3. The highest BCUT2D eigenvalue weighted by Gasteiger charge is 2.38.